The summed E-state index contributed by atoms with van der Waals surface area (Å²) in [6.07, 6.45) is 6.85. The van der Waals surface area contributed by atoms with Crippen LogP contribution in [0.4, 0.5) is 0 Å². The molecular formula is C8H20O5Si4. The van der Waals surface area contributed by atoms with E-state index < -0.39 is 39.3 Å². The summed E-state index contributed by atoms with van der Waals surface area (Å²) < 4.78 is 28.3. The molecule has 3 fully saturated rings. The highest BCUT2D eigenvalue weighted by molar-refractivity contribution is 6.60. The van der Waals surface area contributed by atoms with Gasteiger partial charge in [0.05, 0.1) is 11.7 Å². The monoisotopic (exact) mass is 308 g/mol. The van der Waals surface area contributed by atoms with Crippen molar-refractivity contribution in [2.45, 2.75) is 49.9 Å². The van der Waals surface area contributed by atoms with Crippen molar-refractivity contribution in [2.24, 2.45) is 0 Å². The van der Waals surface area contributed by atoms with Crippen LogP contribution in [0.3, 0.4) is 0 Å². The van der Waals surface area contributed by atoms with Gasteiger partial charge in [-0.2, -0.15) is 0 Å². The fourth-order valence-corrected chi connectivity index (χ4v) is 11.9. The summed E-state index contributed by atoms with van der Waals surface area (Å²) in [5.41, 5.74) is 0.222. The summed E-state index contributed by atoms with van der Waals surface area (Å²) in [6.45, 7) is 0. The second kappa shape index (κ2) is 5.75. The minimum absolute atomic E-state index is 0.222. The Hall–Kier alpha value is 0.668. The molecule has 1 aliphatic carbocycles. The largest absolute Gasteiger partial charge is 0.425 e. The van der Waals surface area contributed by atoms with E-state index in [9.17, 15) is 0 Å². The Morgan fingerprint density at radius 1 is 1.12 bits per heavy atom. The minimum atomic E-state index is -1.47. The van der Waals surface area contributed by atoms with E-state index in [1.165, 1.54) is 25.7 Å². The van der Waals surface area contributed by atoms with Crippen molar-refractivity contribution in [1.82, 2.24) is 0 Å². The zero-order valence-corrected chi connectivity index (χ0v) is 15.5. The predicted molar refractivity (Wildman–Crippen MR) is 72.6 cm³/mol. The predicted octanol–water partition coefficient (Wildman–Crippen LogP) is -1.62. The first-order chi connectivity index (χ1) is 8.39. The van der Waals surface area contributed by atoms with Gasteiger partial charge in [0.25, 0.3) is 30.0 Å². The van der Waals surface area contributed by atoms with Crippen LogP contribution < -0.4 is 0 Å². The van der Waals surface area contributed by atoms with Gasteiger partial charge in [-0.25, -0.2) is 0 Å². The molecule has 0 aromatic rings. The van der Waals surface area contributed by atoms with Crippen molar-refractivity contribution in [3.05, 3.63) is 0 Å². The minimum Gasteiger partial charge on any atom is -0.425 e. The SMILES string of the molecule is C1CCC2(CC[SiH]3O[SiH2]O[SiH2]O[SiH2]O3)OC2C1. The number of fused-ring (bicyclic) bond motifs is 1. The van der Waals surface area contributed by atoms with Gasteiger partial charge < -0.3 is 21.2 Å². The zero-order chi connectivity index (χ0) is 11.6. The van der Waals surface area contributed by atoms with E-state index in [0.29, 0.717) is 6.10 Å². The second-order valence-electron chi connectivity index (χ2n) is 4.98. The molecule has 2 aliphatic heterocycles. The molecule has 0 N–H and O–H groups in total. The lowest BCUT2D eigenvalue weighted by Gasteiger charge is -2.23. The first-order valence-corrected chi connectivity index (χ1v) is 11.7. The third-order valence-corrected chi connectivity index (χ3v) is 11.4. The van der Waals surface area contributed by atoms with Gasteiger partial charge in [-0.05, 0) is 25.3 Å². The molecule has 0 radical (unpaired) electrons. The highest BCUT2D eigenvalue weighted by atomic mass is 28.4. The van der Waals surface area contributed by atoms with Gasteiger partial charge in [-0.15, -0.1) is 0 Å². The molecule has 0 bridgehead atoms. The summed E-state index contributed by atoms with van der Waals surface area (Å²) in [5.74, 6) is 0. The van der Waals surface area contributed by atoms with Crippen molar-refractivity contribution in [2.75, 3.05) is 0 Å². The first-order valence-electron chi connectivity index (χ1n) is 6.46. The van der Waals surface area contributed by atoms with Crippen LogP contribution in [0, 0.1) is 0 Å². The first kappa shape index (κ1) is 12.7. The van der Waals surface area contributed by atoms with Crippen LogP contribution in [-0.4, -0.2) is 51.0 Å². The summed E-state index contributed by atoms with van der Waals surface area (Å²) in [7, 11) is -3.80. The standard InChI is InChI=1S/C8H20O5Si4/c1-2-4-8(7(3-1)9-8)5-6-17-12-15-10-14-11-16-13-17/h7,17H,1-6,14-16H2. The Morgan fingerprint density at radius 3 is 2.71 bits per heavy atom. The molecule has 3 aliphatic rings. The lowest BCUT2D eigenvalue weighted by atomic mass is 9.87. The zero-order valence-electron chi connectivity index (χ0n) is 10.1. The Kier molecular flexibility index (Phi) is 4.29. The van der Waals surface area contributed by atoms with Gasteiger partial charge >= 0.3 is 9.28 Å². The average Bonchev–Trinajstić information content (AvgIpc) is 3.02. The lowest BCUT2D eigenvalue weighted by Crippen LogP contribution is -2.34. The van der Waals surface area contributed by atoms with Crippen molar-refractivity contribution < 1.29 is 21.2 Å². The molecule has 0 spiro atoms. The molecule has 2 heterocycles. The van der Waals surface area contributed by atoms with Crippen molar-refractivity contribution >= 4 is 39.3 Å². The lowest BCUT2D eigenvalue weighted by molar-refractivity contribution is 0.269. The molecule has 3 rings (SSSR count). The molecule has 0 aromatic heterocycles. The third kappa shape index (κ3) is 3.16. The van der Waals surface area contributed by atoms with E-state index in [2.05, 4.69) is 0 Å². The van der Waals surface area contributed by atoms with Crippen molar-refractivity contribution in [1.29, 1.82) is 0 Å². The van der Waals surface area contributed by atoms with Gasteiger partial charge in [-0.1, -0.05) is 12.8 Å². The van der Waals surface area contributed by atoms with E-state index in [4.69, 9.17) is 21.2 Å². The highest BCUT2D eigenvalue weighted by Gasteiger charge is 2.56. The molecule has 0 amide bonds. The topological polar surface area (TPSA) is 49.5 Å². The van der Waals surface area contributed by atoms with Crippen molar-refractivity contribution in [3.8, 4) is 0 Å². The van der Waals surface area contributed by atoms with Crippen LogP contribution in [0.15, 0.2) is 0 Å². The normalized spacial score (nSPS) is 46.6. The molecule has 2 unspecified atom stereocenters. The van der Waals surface area contributed by atoms with Crippen LogP contribution in [-0.2, 0) is 21.2 Å². The van der Waals surface area contributed by atoms with E-state index in [1.54, 1.807) is 0 Å². The van der Waals surface area contributed by atoms with E-state index in [0.717, 1.165) is 12.5 Å². The molecule has 0 aromatic carbocycles. The fraction of sp³-hybridized carbons (Fsp3) is 1.00. The Balaban J connectivity index is 1.43. The van der Waals surface area contributed by atoms with Gasteiger partial charge in [0.1, 0.15) is 0 Å². The van der Waals surface area contributed by atoms with Crippen LogP contribution in [0.5, 0.6) is 0 Å². The highest BCUT2D eigenvalue weighted by Crippen LogP contribution is 2.50. The number of hydrogen-bond donors (Lipinski definition) is 0. The second-order valence-corrected chi connectivity index (χ2v) is 13.1. The van der Waals surface area contributed by atoms with Gasteiger partial charge in [0, 0.05) is 0 Å². The third-order valence-electron chi connectivity index (χ3n) is 3.87. The number of hydrogen-bond acceptors (Lipinski definition) is 5. The van der Waals surface area contributed by atoms with Crippen LogP contribution in [0.2, 0.25) is 6.04 Å². The van der Waals surface area contributed by atoms with Gasteiger partial charge in [0.15, 0.2) is 0 Å². The number of rotatable bonds is 3. The maximum atomic E-state index is 5.89. The molecular weight excluding hydrogens is 288 g/mol. The van der Waals surface area contributed by atoms with Crippen molar-refractivity contribution in [3.63, 3.8) is 0 Å². The molecule has 17 heavy (non-hydrogen) atoms. The molecule has 98 valence electrons. The van der Waals surface area contributed by atoms with Crippen LogP contribution >= 0.6 is 0 Å². The quantitative estimate of drug-likeness (QED) is 0.464. The fourth-order valence-electron chi connectivity index (χ4n) is 2.84. The molecule has 9 heteroatoms. The van der Waals surface area contributed by atoms with E-state index in [1.807, 2.05) is 0 Å². The van der Waals surface area contributed by atoms with E-state index >= 15 is 0 Å². The molecule has 2 atom stereocenters. The molecule has 5 nitrogen and oxygen atoms in total. The van der Waals surface area contributed by atoms with Crippen LogP contribution in [0.1, 0.15) is 32.1 Å². The van der Waals surface area contributed by atoms with Gasteiger partial charge in [0.2, 0.25) is 0 Å². The Labute approximate surface area is 111 Å². The average molecular weight is 309 g/mol. The summed E-state index contributed by atoms with van der Waals surface area (Å²) >= 11 is 0. The maximum Gasteiger partial charge on any atom is 0.303 e. The Morgan fingerprint density at radius 2 is 1.94 bits per heavy atom. The molecule has 1 saturated carbocycles. The number of ether oxygens (including phenoxy) is 1. The van der Waals surface area contributed by atoms with E-state index in [-0.39, 0.29) is 5.60 Å². The molecule has 2 saturated heterocycles. The summed E-state index contributed by atoms with van der Waals surface area (Å²) in [6, 6.07) is 1.07. The maximum absolute atomic E-state index is 5.89. The smallest absolute Gasteiger partial charge is 0.303 e. The number of epoxide rings is 1. The summed E-state index contributed by atoms with van der Waals surface area (Å²) in [4.78, 5) is 0. The van der Waals surface area contributed by atoms with Gasteiger partial charge in [-0.3, -0.25) is 0 Å². The Bertz CT molecular complexity index is 262. The van der Waals surface area contributed by atoms with Crippen LogP contribution in [0.25, 0.3) is 0 Å². The summed E-state index contributed by atoms with van der Waals surface area (Å²) in [5, 5.41) is 0.